The molecule has 2 N–H and O–H groups in total. The van der Waals surface area contributed by atoms with Gasteiger partial charge in [-0.1, -0.05) is 18.2 Å². The number of piperidine rings is 1. The molecule has 7 nitrogen and oxygen atoms in total. The zero-order chi connectivity index (χ0) is 20.2. The fourth-order valence-electron chi connectivity index (χ4n) is 4.04. The van der Waals surface area contributed by atoms with Crippen LogP contribution in [0.1, 0.15) is 28.8 Å². The highest BCUT2D eigenvalue weighted by molar-refractivity contribution is 6.07. The van der Waals surface area contributed by atoms with Crippen molar-refractivity contribution in [2.45, 2.75) is 25.3 Å². The first-order valence-corrected chi connectivity index (χ1v) is 10.2. The van der Waals surface area contributed by atoms with Gasteiger partial charge in [0.2, 0.25) is 5.91 Å². The van der Waals surface area contributed by atoms with Gasteiger partial charge in [0.15, 0.2) is 0 Å². The molecule has 0 bridgehead atoms. The van der Waals surface area contributed by atoms with E-state index in [-0.39, 0.29) is 11.8 Å². The molecule has 3 heterocycles. The molecule has 2 aliphatic rings. The highest BCUT2D eigenvalue weighted by atomic mass is 16.2. The lowest BCUT2D eigenvalue weighted by molar-refractivity contribution is -0.122. The highest BCUT2D eigenvalue weighted by Gasteiger charge is 2.25. The number of nitrogens with zero attached hydrogens (tertiary/aromatic N) is 3. The third-order valence-electron chi connectivity index (χ3n) is 5.73. The highest BCUT2D eigenvalue weighted by Crippen LogP contribution is 2.28. The number of nitrogens with one attached hydrogen (secondary N) is 2. The molecule has 1 saturated heterocycles. The average Bonchev–Trinajstić information content (AvgIpc) is 3.19. The quantitative estimate of drug-likeness (QED) is 0.811. The Balaban J connectivity index is 1.32. The number of rotatable bonds is 5. The number of likely N-dealkylation sites (N-methyl/N-ethyl adjacent to an activating group) is 1. The topological polar surface area (TPSA) is 77.6 Å². The zero-order valence-corrected chi connectivity index (χ0v) is 16.7. The normalized spacial score (nSPS) is 17.1. The molecule has 7 heteroatoms. The minimum atomic E-state index is -0.00323. The molecular formula is C22H27N5O2. The van der Waals surface area contributed by atoms with E-state index in [4.69, 9.17) is 0 Å². The second-order valence-electron chi connectivity index (χ2n) is 7.64. The van der Waals surface area contributed by atoms with Crippen LogP contribution in [0.5, 0.6) is 0 Å². The van der Waals surface area contributed by atoms with E-state index in [2.05, 4.69) is 26.6 Å². The first-order valence-electron chi connectivity index (χ1n) is 10.2. The van der Waals surface area contributed by atoms with Crippen molar-refractivity contribution < 1.29 is 9.59 Å². The van der Waals surface area contributed by atoms with E-state index >= 15 is 0 Å². The van der Waals surface area contributed by atoms with Crippen LogP contribution in [0.15, 0.2) is 42.6 Å². The fourth-order valence-corrected chi connectivity index (χ4v) is 4.04. The second kappa shape index (κ2) is 8.61. The van der Waals surface area contributed by atoms with Crippen molar-refractivity contribution in [3.63, 3.8) is 0 Å². The average molecular weight is 393 g/mol. The lowest BCUT2D eigenvalue weighted by atomic mass is 10.0. The van der Waals surface area contributed by atoms with Crippen LogP contribution in [0.3, 0.4) is 0 Å². The zero-order valence-electron chi connectivity index (χ0n) is 16.7. The van der Waals surface area contributed by atoms with Gasteiger partial charge >= 0.3 is 0 Å². The summed E-state index contributed by atoms with van der Waals surface area (Å²) in [6.45, 7) is 2.94. The van der Waals surface area contributed by atoms with Crippen molar-refractivity contribution in [3.8, 4) is 0 Å². The van der Waals surface area contributed by atoms with Crippen LogP contribution >= 0.6 is 0 Å². The molecule has 2 aliphatic heterocycles. The van der Waals surface area contributed by atoms with Crippen LogP contribution in [-0.4, -0.2) is 61.0 Å². The van der Waals surface area contributed by atoms with Gasteiger partial charge in [-0.3, -0.25) is 14.5 Å². The van der Waals surface area contributed by atoms with E-state index in [1.54, 1.807) is 13.2 Å². The van der Waals surface area contributed by atoms with Gasteiger partial charge in [-0.2, -0.15) is 0 Å². The number of fused-ring (bicyclic) bond motifs is 1. The van der Waals surface area contributed by atoms with Crippen molar-refractivity contribution in [1.82, 2.24) is 15.2 Å². The Morgan fingerprint density at radius 1 is 1.10 bits per heavy atom. The summed E-state index contributed by atoms with van der Waals surface area (Å²) in [5.41, 5.74) is 2.82. The number of hydrogen-bond donors (Lipinski definition) is 2. The van der Waals surface area contributed by atoms with Gasteiger partial charge < -0.3 is 15.5 Å². The van der Waals surface area contributed by atoms with Crippen molar-refractivity contribution in [1.29, 1.82) is 0 Å². The van der Waals surface area contributed by atoms with Gasteiger partial charge in [-0.25, -0.2) is 4.98 Å². The van der Waals surface area contributed by atoms with Crippen molar-refractivity contribution in [3.05, 3.63) is 53.7 Å². The van der Waals surface area contributed by atoms with Crippen LogP contribution in [0.25, 0.3) is 0 Å². The SMILES string of the molecule is CNC(=O)CN1CCC(Nc2ccc(C(=O)N3CCc4ccccc43)cn2)CC1. The molecule has 2 amide bonds. The molecule has 0 atom stereocenters. The Hall–Kier alpha value is -2.93. The van der Waals surface area contributed by atoms with Crippen molar-refractivity contribution in [2.24, 2.45) is 0 Å². The number of benzene rings is 1. The molecule has 0 radical (unpaired) electrons. The predicted octanol–water partition coefficient (Wildman–Crippen LogP) is 1.91. The second-order valence-corrected chi connectivity index (χ2v) is 7.64. The summed E-state index contributed by atoms with van der Waals surface area (Å²) in [5, 5.41) is 6.12. The van der Waals surface area contributed by atoms with E-state index in [0.717, 1.165) is 43.9 Å². The monoisotopic (exact) mass is 393 g/mol. The fraction of sp³-hybridized carbons (Fsp3) is 0.409. The third kappa shape index (κ3) is 4.40. The van der Waals surface area contributed by atoms with Gasteiger partial charge in [-0.05, 0) is 43.0 Å². The molecule has 0 aliphatic carbocycles. The number of aromatic nitrogens is 1. The molecule has 1 aromatic carbocycles. The van der Waals surface area contributed by atoms with Crippen LogP contribution in [0.4, 0.5) is 11.5 Å². The number of carbonyl (C=O) groups excluding carboxylic acids is 2. The molecule has 1 aromatic heterocycles. The van der Waals surface area contributed by atoms with E-state index in [1.165, 1.54) is 5.56 Å². The predicted molar refractivity (Wildman–Crippen MR) is 113 cm³/mol. The molecule has 152 valence electrons. The van der Waals surface area contributed by atoms with Crippen LogP contribution < -0.4 is 15.5 Å². The summed E-state index contributed by atoms with van der Waals surface area (Å²) >= 11 is 0. The van der Waals surface area contributed by atoms with Crippen LogP contribution in [-0.2, 0) is 11.2 Å². The molecule has 0 spiro atoms. The van der Waals surface area contributed by atoms with Crippen LogP contribution in [0, 0.1) is 0 Å². The first kappa shape index (κ1) is 19.4. The largest absolute Gasteiger partial charge is 0.367 e. The molecule has 1 fully saturated rings. The third-order valence-corrected chi connectivity index (χ3v) is 5.73. The summed E-state index contributed by atoms with van der Waals surface area (Å²) in [5.74, 6) is 0.837. The minimum Gasteiger partial charge on any atom is -0.367 e. The van der Waals surface area contributed by atoms with E-state index in [1.807, 2.05) is 35.2 Å². The van der Waals surface area contributed by atoms with Gasteiger partial charge in [0, 0.05) is 44.6 Å². The summed E-state index contributed by atoms with van der Waals surface area (Å²) in [6, 6.07) is 12.1. The summed E-state index contributed by atoms with van der Waals surface area (Å²) < 4.78 is 0. The van der Waals surface area contributed by atoms with E-state index in [0.29, 0.717) is 24.7 Å². The van der Waals surface area contributed by atoms with Gasteiger partial charge in [-0.15, -0.1) is 0 Å². The number of anilines is 2. The summed E-state index contributed by atoms with van der Waals surface area (Å²) in [6.07, 6.45) is 4.48. The Kier molecular flexibility index (Phi) is 5.76. The first-order chi connectivity index (χ1) is 14.1. The Morgan fingerprint density at radius 2 is 1.90 bits per heavy atom. The van der Waals surface area contributed by atoms with Gasteiger partial charge in [0.1, 0.15) is 5.82 Å². The Labute approximate surface area is 171 Å². The number of hydrogen-bond acceptors (Lipinski definition) is 5. The van der Waals surface area contributed by atoms with Gasteiger partial charge in [0.25, 0.3) is 5.91 Å². The van der Waals surface area contributed by atoms with E-state index in [9.17, 15) is 9.59 Å². The number of para-hydroxylation sites is 1. The lowest BCUT2D eigenvalue weighted by Crippen LogP contribution is -2.43. The summed E-state index contributed by atoms with van der Waals surface area (Å²) in [7, 11) is 1.67. The number of amides is 2. The molecule has 29 heavy (non-hydrogen) atoms. The number of likely N-dealkylation sites (tertiary alicyclic amines) is 1. The molecule has 0 saturated carbocycles. The maximum absolute atomic E-state index is 12.9. The molecule has 4 rings (SSSR count). The van der Waals surface area contributed by atoms with Gasteiger partial charge in [0.05, 0.1) is 12.1 Å². The van der Waals surface area contributed by atoms with Crippen molar-refractivity contribution >= 4 is 23.3 Å². The smallest absolute Gasteiger partial charge is 0.259 e. The number of pyridine rings is 1. The summed E-state index contributed by atoms with van der Waals surface area (Å²) in [4.78, 5) is 32.8. The number of carbonyl (C=O) groups is 2. The maximum Gasteiger partial charge on any atom is 0.259 e. The Bertz CT molecular complexity index is 875. The molecule has 0 unspecified atom stereocenters. The van der Waals surface area contributed by atoms with Crippen molar-refractivity contribution in [2.75, 3.05) is 43.4 Å². The molecular weight excluding hydrogens is 366 g/mol. The Morgan fingerprint density at radius 3 is 2.62 bits per heavy atom. The maximum atomic E-state index is 12.9. The standard InChI is InChI=1S/C22H27N5O2/c1-23-21(28)15-26-11-9-18(10-12-26)25-20-7-6-17(14-24-20)22(29)27-13-8-16-4-2-3-5-19(16)27/h2-7,14,18H,8-13,15H2,1H3,(H,23,28)(H,24,25). The minimum absolute atomic E-state index is 0.00323. The lowest BCUT2D eigenvalue weighted by Gasteiger charge is -2.32. The van der Waals surface area contributed by atoms with Crippen LogP contribution in [0.2, 0.25) is 0 Å². The van der Waals surface area contributed by atoms with E-state index < -0.39 is 0 Å². The molecule has 2 aromatic rings.